The molecule has 20 heteroatoms. The maximum absolute atomic E-state index is 13.2. The van der Waals surface area contributed by atoms with E-state index in [-0.39, 0.29) is 51.2 Å². The Kier molecular flexibility index (Phi) is 9.50. The number of nitrogens with zero attached hydrogens (tertiary/aromatic N) is 8. The van der Waals surface area contributed by atoms with E-state index in [2.05, 4.69) is 35.5 Å². The van der Waals surface area contributed by atoms with E-state index < -0.39 is 29.5 Å². The largest absolute Gasteiger partial charge is 0.504 e. The molecule has 0 aromatic carbocycles. The van der Waals surface area contributed by atoms with Crippen molar-refractivity contribution in [2.24, 2.45) is 0 Å². The first-order valence-electron chi connectivity index (χ1n) is 15.0. The lowest BCUT2D eigenvalue weighted by molar-refractivity contribution is -0.212. The zero-order chi connectivity index (χ0) is 35.9. The fraction of sp³-hybridized carbons (Fsp3) is 0.448. The highest BCUT2D eigenvalue weighted by atomic mass is 19.4. The summed E-state index contributed by atoms with van der Waals surface area (Å²) in [7, 11) is 8.32. The van der Waals surface area contributed by atoms with Crippen LogP contribution in [0, 0.1) is 0 Å². The molecule has 1 saturated carbocycles. The lowest BCUT2D eigenvalue weighted by Crippen LogP contribution is -2.42. The van der Waals surface area contributed by atoms with Gasteiger partial charge in [-0.25, -0.2) is 24.1 Å². The van der Waals surface area contributed by atoms with Gasteiger partial charge in [0.05, 0.1) is 48.2 Å². The van der Waals surface area contributed by atoms with Gasteiger partial charge in [0, 0.05) is 30.9 Å². The number of rotatable bonds is 7. The monoisotopic (exact) mass is 686 g/mol. The number of hydrogen-bond acceptors (Lipinski definition) is 11. The topological polar surface area (TPSA) is 199 Å². The molecule has 5 aromatic rings. The molecule has 0 bridgehead atoms. The number of nitrogens with one attached hydrogen (secondary N) is 2. The van der Waals surface area contributed by atoms with E-state index in [1.165, 1.54) is 29.6 Å². The number of aliphatic hydroxyl groups is 3. The smallest absolute Gasteiger partial charge is 0.453 e. The predicted octanol–water partition coefficient (Wildman–Crippen LogP) is 2.61. The van der Waals surface area contributed by atoms with Crippen molar-refractivity contribution >= 4 is 47.6 Å². The van der Waals surface area contributed by atoms with Crippen molar-refractivity contribution in [1.82, 2.24) is 44.0 Å². The van der Waals surface area contributed by atoms with Crippen molar-refractivity contribution < 1.29 is 38.0 Å². The molecule has 5 heterocycles. The van der Waals surface area contributed by atoms with Crippen LogP contribution in [0.15, 0.2) is 41.6 Å². The summed E-state index contributed by atoms with van der Waals surface area (Å²) < 4.78 is 47.4. The molecule has 5 N–H and O–H groups in total. The van der Waals surface area contributed by atoms with Gasteiger partial charge in [-0.15, -0.1) is 13.2 Å². The Bertz CT molecular complexity index is 2030. The van der Waals surface area contributed by atoms with E-state index in [0.29, 0.717) is 15.6 Å². The second-order valence-electron chi connectivity index (χ2n) is 12.1. The number of alkyl carbamates (subject to hydrolysis) is 1. The maximum atomic E-state index is 13.2. The minimum Gasteiger partial charge on any atom is -0.453 e. The van der Waals surface area contributed by atoms with Crippen molar-refractivity contribution in [2.45, 2.75) is 69.8 Å². The summed E-state index contributed by atoms with van der Waals surface area (Å²) in [5, 5.41) is 43.8. The molecule has 49 heavy (non-hydrogen) atoms. The molecule has 16 nitrogen and oxygen atoms in total. The van der Waals surface area contributed by atoms with Gasteiger partial charge in [-0.05, 0) is 38.8 Å². The van der Waals surface area contributed by atoms with E-state index in [1.807, 2.05) is 0 Å². The van der Waals surface area contributed by atoms with Crippen LogP contribution in [-0.2, 0) is 23.4 Å². The van der Waals surface area contributed by atoms with Gasteiger partial charge in [0.25, 0.3) is 0 Å². The maximum Gasteiger partial charge on any atom is 0.504 e. The zero-order valence-corrected chi connectivity index (χ0v) is 26.9. The highest BCUT2D eigenvalue weighted by Crippen LogP contribution is 2.34. The molecule has 2 radical (unpaired) electrons. The van der Waals surface area contributed by atoms with Crippen LogP contribution >= 0.6 is 0 Å². The van der Waals surface area contributed by atoms with Crippen molar-refractivity contribution in [3.63, 3.8) is 0 Å². The fourth-order valence-electron chi connectivity index (χ4n) is 5.64. The lowest BCUT2D eigenvalue weighted by Gasteiger charge is -2.18. The summed E-state index contributed by atoms with van der Waals surface area (Å²) in [6, 6.07) is 4.67. The summed E-state index contributed by atoms with van der Waals surface area (Å²) in [5.41, 5.74) is -0.459. The minimum absolute atomic E-state index is 0.0393. The van der Waals surface area contributed by atoms with Crippen molar-refractivity contribution in [1.29, 1.82) is 0 Å². The Balaban J connectivity index is 0.000000717. The standard InChI is InChI=1S/C26H27BF3N9O4.C3H7NO2/c1-24(2,41)13-36-16-7-8-19(34-22(16)21(35-36)14-10-32-37(12-14)26(28,29)30)33-20-9-17-18(11-31-20)39(25(27,42)43)23(40)38(17)15-5-3-4-6-15;1-4-3(5)6-2/h7-12,15,41-43H,3-6,13H2,1-2H3,(H,31,33,34);1-2H3,(H,4,5). The number of halogens is 3. The Labute approximate surface area is 277 Å². The van der Waals surface area contributed by atoms with Crippen LogP contribution in [0.1, 0.15) is 45.6 Å². The average molecular weight is 686 g/mol. The van der Waals surface area contributed by atoms with E-state index in [9.17, 15) is 38.1 Å². The summed E-state index contributed by atoms with van der Waals surface area (Å²) in [4.78, 5) is 32.0. The molecule has 5 aromatic heterocycles. The molecule has 6 rings (SSSR count). The van der Waals surface area contributed by atoms with Crippen LogP contribution in [0.4, 0.5) is 29.6 Å². The van der Waals surface area contributed by atoms with Gasteiger partial charge in [0.2, 0.25) is 0 Å². The molecule has 0 unspecified atom stereocenters. The highest BCUT2D eigenvalue weighted by molar-refractivity contribution is 6.11. The number of fused-ring (bicyclic) bond motifs is 2. The van der Waals surface area contributed by atoms with E-state index in [1.54, 1.807) is 32.0 Å². The number of imidazole rings is 1. The third-order valence-electron chi connectivity index (χ3n) is 7.67. The normalized spacial score (nSPS) is 14.2. The molecule has 0 atom stereocenters. The minimum atomic E-state index is -4.72. The van der Waals surface area contributed by atoms with Gasteiger partial charge >= 0.3 is 18.1 Å². The quantitative estimate of drug-likeness (QED) is 0.125. The van der Waals surface area contributed by atoms with Gasteiger partial charge in [-0.2, -0.15) is 14.9 Å². The molecular weight excluding hydrogens is 652 g/mol. The number of ether oxygens (including phenoxy) is 1. The summed E-state index contributed by atoms with van der Waals surface area (Å²) in [6.45, 7) is 3.19. The molecule has 1 amide bonds. The van der Waals surface area contributed by atoms with E-state index in [0.717, 1.165) is 38.1 Å². The number of pyridine rings is 2. The van der Waals surface area contributed by atoms with Crippen LogP contribution < -0.4 is 16.3 Å². The zero-order valence-electron chi connectivity index (χ0n) is 26.9. The molecule has 260 valence electrons. The van der Waals surface area contributed by atoms with Gasteiger partial charge in [0.15, 0.2) is 13.7 Å². The van der Waals surface area contributed by atoms with Gasteiger partial charge in [0.1, 0.15) is 22.8 Å². The van der Waals surface area contributed by atoms with E-state index >= 15 is 0 Å². The number of anilines is 2. The van der Waals surface area contributed by atoms with E-state index in [4.69, 9.17) is 7.85 Å². The molecule has 0 spiro atoms. The first kappa shape index (κ1) is 35.4. The van der Waals surface area contributed by atoms with Crippen LogP contribution in [-0.4, -0.2) is 87.7 Å². The fourth-order valence-corrected chi connectivity index (χ4v) is 5.64. The van der Waals surface area contributed by atoms with Gasteiger partial charge < -0.3 is 30.7 Å². The Morgan fingerprint density at radius 2 is 1.78 bits per heavy atom. The third-order valence-corrected chi connectivity index (χ3v) is 7.67. The Morgan fingerprint density at radius 3 is 2.33 bits per heavy atom. The molecule has 1 fully saturated rings. The Morgan fingerprint density at radius 1 is 1.08 bits per heavy atom. The van der Waals surface area contributed by atoms with Gasteiger partial charge in [-0.3, -0.25) is 9.25 Å². The molecule has 0 aliphatic heterocycles. The number of hydrogen-bond donors (Lipinski definition) is 5. The number of amides is 1. The number of alkyl halides is 3. The Hall–Kier alpha value is -4.95. The number of methoxy groups -OCH3 is 1. The second kappa shape index (κ2) is 13.2. The number of carbonyl (C=O) groups is 1. The van der Waals surface area contributed by atoms with Crippen molar-refractivity contribution in [3.05, 3.63) is 47.3 Å². The van der Waals surface area contributed by atoms with Crippen LogP contribution in [0.25, 0.3) is 33.3 Å². The SMILES string of the molecule is CNC(=O)OC.[B]C(O)(O)n1c(=O)n(C2CCCC2)c2cc(Nc3ccc4c(n3)c(-c3cnn(C(F)(F)F)c3)nn4CC(C)(C)O)ncc21. The number of carbonyl (C=O) groups excluding carboxylic acids is 1. The molecule has 1 aliphatic carbocycles. The lowest BCUT2D eigenvalue weighted by atomic mass is 10.0. The molecule has 0 saturated heterocycles. The van der Waals surface area contributed by atoms with Crippen molar-refractivity contribution in [2.75, 3.05) is 19.5 Å². The first-order chi connectivity index (χ1) is 22.9. The average Bonchev–Trinajstić information content (AvgIpc) is 3.81. The second-order valence-corrected chi connectivity index (χ2v) is 12.1. The molecule has 1 aliphatic rings. The van der Waals surface area contributed by atoms with Crippen LogP contribution in [0.2, 0.25) is 0 Å². The molecular formula is C29H34BF3N10O6. The van der Waals surface area contributed by atoms with Gasteiger partial charge in [-0.1, -0.05) is 12.8 Å². The summed E-state index contributed by atoms with van der Waals surface area (Å²) in [6.07, 6.45) is 1.31. The highest BCUT2D eigenvalue weighted by Gasteiger charge is 2.33. The van der Waals surface area contributed by atoms with Crippen molar-refractivity contribution in [3.8, 4) is 11.3 Å². The summed E-state index contributed by atoms with van der Waals surface area (Å²) >= 11 is 0. The van der Waals surface area contributed by atoms with Crippen LogP contribution in [0.3, 0.4) is 0 Å². The summed E-state index contributed by atoms with van der Waals surface area (Å²) in [5.74, 6) is -2.42. The predicted molar refractivity (Wildman–Crippen MR) is 171 cm³/mol. The third kappa shape index (κ3) is 7.55. The first-order valence-corrected chi connectivity index (χ1v) is 15.0. The number of aromatic nitrogens is 8. The van der Waals surface area contributed by atoms with Crippen LogP contribution in [0.5, 0.6) is 0 Å².